The second-order valence-corrected chi connectivity index (χ2v) is 5.01. The van der Waals surface area contributed by atoms with E-state index < -0.39 is 0 Å². The molecule has 3 aromatic rings. The average Bonchev–Trinajstić information content (AvgIpc) is 2.70. The van der Waals surface area contributed by atoms with Crippen molar-refractivity contribution in [3.63, 3.8) is 0 Å². The van der Waals surface area contributed by atoms with Crippen molar-refractivity contribution in [2.75, 3.05) is 0 Å². The molecule has 0 aliphatic heterocycles. The summed E-state index contributed by atoms with van der Waals surface area (Å²) >= 11 is 6.02. The van der Waals surface area contributed by atoms with E-state index in [4.69, 9.17) is 11.6 Å². The van der Waals surface area contributed by atoms with Crippen LogP contribution in [0.5, 0.6) is 5.75 Å². The van der Waals surface area contributed by atoms with Crippen LogP contribution in [-0.4, -0.2) is 14.7 Å². The molecular formula is C15H13ClN2O. The molecule has 0 aliphatic rings. The molecule has 3 nitrogen and oxygen atoms in total. The van der Waals surface area contributed by atoms with Crippen LogP contribution in [0.15, 0.2) is 36.4 Å². The van der Waals surface area contributed by atoms with Crippen molar-refractivity contribution < 1.29 is 5.11 Å². The maximum absolute atomic E-state index is 9.81. The van der Waals surface area contributed by atoms with Crippen LogP contribution in [0.2, 0.25) is 5.02 Å². The first-order valence-corrected chi connectivity index (χ1v) is 6.36. The summed E-state index contributed by atoms with van der Waals surface area (Å²) in [5.41, 5.74) is 3.62. The molecule has 2 aromatic carbocycles. The van der Waals surface area contributed by atoms with E-state index >= 15 is 0 Å². The highest BCUT2D eigenvalue weighted by atomic mass is 35.5. The largest absolute Gasteiger partial charge is 0.508 e. The molecule has 0 radical (unpaired) electrons. The van der Waals surface area contributed by atoms with Gasteiger partial charge in [-0.2, -0.15) is 0 Å². The number of fused-ring (bicyclic) bond motifs is 1. The standard InChI is InChI=1S/C15H13ClN2O/c1-9-11(4-3-5-14(9)19)15-17-12-7-6-10(16)8-13(12)18(15)2/h3-8,19H,1-2H3. The Morgan fingerprint density at radius 3 is 2.79 bits per heavy atom. The van der Waals surface area contributed by atoms with Crippen molar-refractivity contribution in [2.45, 2.75) is 6.92 Å². The number of halogens is 1. The van der Waals surface area contributed by atoms with Gasteiger partial charge < -0.3 is 9.67 Å². The Kier molecular flexibility index (Phi) is 2.72. The number of benzene rings is 2. The van der Waals surface area contributed by atoms with Crippen molar-refractivity contribution in [1.82, 2.24) is 9.55 Å². The first kappa shape index (κ1) is 12.1. The van der Waals surface area contributed by atoms with Crippen molar-refractivity contribution in [3.8, 4) is 17.1 Å². The van der Waals surface area contributed by atoms with Crippen LogP contribution in [0, 0.1) is 6.92 Å². The number of rotatable bonds is 1. The van der Waals surface area contributed by atoms with Crippen LogP contribution in [-0.2, 0) is 7.05 Å². The monoisotopic (exact) mass is 272 g/mol. The smallest absolute Gasteiger partial charge is 0.141 e. The molecule has 3 rings (SSSR count). The van der Waals surface area contributed by atoms with Gasteiger partial charge >= 0.3 is 0 Å². The summed E-state index contributed by atoms with van der Waals surface area (Å²) in [6.45, 7) is 1.89. The second-order valence-electron chi connectivity index (χ2n) is 4.58. The van der Waals surface area contributed by atoms with Gasteiger partial charge in [-0.15, -0.1) is 0 Å². The normalized spacial score (nSPS) is 11.1. The Balaban J connectivity index is 2.31. The van der Waals surface area contributed by atoms with Gasteiger partial charge in [0.1, 0.15) is 11.6 Å². The van der Waals surface area contributed by atoms with E-state index in [2.05, 4.69) is 4.98 Å². The predicted molar refractivity (Wildman–Crippen MR) is 77.6 cm³/mol. The fourth-order valence-electron chi connectivity index (χ4n) is 2.27. The number of phenols is 1. The van der Waals surface area contributed by atoms with Gasteiger partial charge in [0.05, 0.1) is 11.0 Å². The van der Waals surface area contributed by atoms with E-state index in [1.807, 2.05) is 48.9 Å². The molecule has 1 aromatic heterocycles. The van der Waals surface area contributed by atoms with Crippen LogP contribution >= 0.6 is 11.6 Å². The minimum atomic E-state index is 0.280. The third-order valence-corrected chi connectivity index (χ3v) is 3.62. The Morgan fingerprint density at radius 1 is 1.21 bits per heavy atom. The van der Waals surface area contributed by atoms with Gasteiger partial charge in [0, 0.05) is 23.2 Å². The van der Waals surface area contributed by atoms with Crippen LogP contribution < -0.4 is 0 Å². The highest BCUT2D eigenvalue weighted by molar-refractivity contribution is 6.31. The van der Waals surface area contributed by atoms with E-state index in [1.54, 1.807) is 6.07 Å². The third kappa shape index (κ3) is 1.87. The van der Waals surface area contributed by atoms with E-state index in [-0.39, 0.29) is 5.75 Å². The molecule has 0 aliphatic carbocycles. The molecule has 0 unspecified atom stereocenters. The molecule has 4 heteroatoms. The van der Waals surface area contributed by atoms with Crippen LogP contribution in [0.3, 0.4) is 0 Å². The number of nitrogens with zero attached hydrogens (tertiary/aromatic N) is 2. The number of aromatic nitrogens is 2. The van der Waals surface area contributed by atoms with E-state index in [0.29, 0.717) is 5.02 Å². The Labute approximate surface area is 116 Å². The van der Waals surface area contributed by atoms with Gasteiger partial charge in [0.2, 0.25) is 0 Å². The lowest BCUT2D eigenvalue weighted by Gasteiger charge is -2.07. The Hall–Kier alpha value is -2.00. The lowest BCUT2D eigenvalue weighted by molar-refractivity contribution is 0.471. The third-order valence-electron chi connectivity index (χ3n) is 3.39. The van der Waals surface area contributed by atoms with Crippen molar-refractivity contribution >= 4 is 22.6 Å². The fraction of sp³-hybridized carbons (Fsp3) is 0.133. The molecule has 0 saturated heterocycles. The van der Waals surface area contributed by atoms with Gasteiger partial charge in [0.25, 0.3) is 0 Å². The molecule has 0 spiro atoms. The number of aryl methyl sites for hydroxylation is 1. The summed E-state index contributed by atoms with van der Waals surface area (Å²) < 4.78 is 1.99. The van der Waals surface area contributed by atoms with Crippen molar-refractivity contribution in [1.29, 1.82) is 0 Å². The zero-order valence-electron chi connectivity index (χ0n) is 10.7. The highest BCUT2D eigenvalue weighted by Crippen LogP contribution is 2.31. The van der Waals surface area contributed by atoms with Crippen molar-refractivity contribution in [2.24, 2.45) is 7.05 Å². The molecule has 0 saturated carbocycles. The molecule has 19 heavy (non-hydrogen) atoms. The molecule has 0 amide bonds. The van der Waals surface area contributed by atoms with Gasteiger partial charge in [-0.05, 0) is 31.2 Å². The number of hydrogen-bond acceptors (Lipinski definition) is 2. The second kappa shape index (κ2) is 4.28. The first-order chi connectivity index (χ1) is 9.08. The highest BCUT2D eigenvalue weighted by Gasteiger charge is 2.13. The van der Waals surface area contributed by atoms with E-state index in [9.17, 15) is 5.11 Å². The lowest BCUT2D eigenvalue weighted by atomic mass is 10.1. The number of imidazole rings is 1. The van der Waals surface area contributed by atoms with E-state index in [0.717, 1.165) is 28.0 Å². The minimum Gasteiger partial charge on any atom is -0.508 e. The van der Waals surface area contributed by atoms with E-state index in [1.165, 1.54) is 0 Å². The van der Waals surface area contributed by atoms with Crippen molar-refractivity contribution in [3.05, 3.63) is 47.0 Å². The molecule has 1 heterocycles. The molecule has 1 N–H and O–H groups in total. The zero-order chi connectivity index (χ0) is 13.6. The summed E-state index contributed by atoms with van der Waals surface area (Å²) in [7, 11) is 1.95. The molecular weight excluding hydrogens is 260 g/mol. The fourth-order valence-corrected chi connectivity index (χ4v) is 2.44. The molecule has 0 fully saturated rings. The molecule has 0 bridgehead atoms. The Bertz CT molecular complexity index is 777. The maximum atomic E-state index is 9.81. The predicted octanol–water partition coefficient (Wildman–Crippen LogP) is 3.91. The average molecular weight is 273 g/mol. The van der Waals surface area contributed by atoms with Gasteiger partial charge in [-0.3, -0.25) is 0 Å². The van der Waals surface area contributed by atoms with Crippen LogP contribution in [0.25, 0.3) is 22.4 Å². The SMILES string of the molecule is Cc1c(O)cccc1-c1nc2ccc(Cl)cc2n1C. The first-order valence-electron chi connectivity index (χ1n) is 5.99. The summed E-state index contributed by atoms with van der Waals surface area (Å²) in [5.74, 6) is 1.10. The summed E-state index contributed by atoms with van der Waals surface area (Å²) in [6.07, 6.45) is 0. The summed E-state index contributed by atoms with van der Waals surface area (Å²) in [6, 6.07) is 11.1. The van der Waals surface area contributed by atoms with Gasteiger partial charge in [-0.25, -0.2) is 4.98 Å². The minimum absolute atomic E-state index is 0.280. The van der Waals surface area contributed by atoms with Crippen LogP contribution in [0.4, 0.5) is 0 Å². The number of aromatic hydroxyl groups is 1. The quantitative estimate of drug-likeness (QED) is 0.729. The zero-order valence-corrected chi connectivity index (χ0v) is 11.4. The molecule has 0 atom stereocenters. The topological polar surface area (TPSA) is 38.1 Å². The van der Waals surface area contributed by atoms with Gasteiger partial charge in [0.15, 0.2) is 0 Å². The number of phenolic OH excluding ortho intramolecular Hbond substituents is 1. The van der Waals surface area contributed by atoms with Crippen LogP contribution in [0.1, 0.15) is 5.56 Å². The molecule has 96 valence electrons. The summed E-state index contributed by atoms with van der Waals surface area (Å²) in [4.78, 5) is 4.62. The Morgan fingerprint density at radius 2 is 2.00 bits per heavy atom. The maximum Gasteiger partial charge on any atom is 0.141 e. The lowest BCUT2D eigenvalue weighted by Crippen LogP contribution is -1.94. The van der Waals surface area contributed by atoms with Gasteiger partial charge in [-0.1, -0.05) is 23.7 Å². The summed E-state index contributed by atoms with van der Waals surface area (Å²) in [5, 5.41) is 10.5. The number of hydrogen-bond donors (Lipinski definition) is 1.